The predicted molar refractivity (Wildman–Crippen MR) is 87.7 cm³/mol. The van der Waals surface area contributed by atoms with Crippen LogP contribution in [0.5, 0.6) is 0 Å². The number of hydrogen-bond acceptors (Lipinski definition) is 6. The minimum Gasteiger partial charge on any atom is -0.373 e. The van der Waals surface area contributed by atoms with Crippen molar-refractivity contribution in [3.8, 4) is 0 Å². The Morgan fingerprint density at radius 2 is 2.11 bits per heavy atom. The van der Waals surface area contributed by atoms with E-state index in [9.17, 15) is 0 Å². The van der Waals surface area contributed by atoms with Crippen LogP contribution in [0.3, 0.4) is 0 Å². The molecule has 1 saturated heterocycles. The van der Waals surface area contributed by atoms with Crippen LogP contribution < -0.4 is 10.6 Å². The fourth-order valence-corrected chi connectivity index (χ4v) is 4.43. The van der Waals surface area contributed by atoms with Crippen molar-refractivity contribution in [3.63, 3.8) is 0 Å². The summed E-state index contributed by atoms with van der Waals surface area (Å²) in [7, 11) is 1.89. The number of hydrogen-bond donors (Lipinski definition) is 2. The molecule has 19 heavy (non-hydrogen) atoms. The lowest BCUT2D eigenvalue weighted by molar-refractivity contribution is 0.775. The maximum atomic E-state index is 4.59. The van der Waals surface area contributed by atoms with Crippen molar-refractivity contribution in [3.05, 3.63) is 11.9 Å². The molecule has 2 rings (SSSR count). The number of nitrogens with one attached hydrogen (secondary N) is 2. The van der Waals surface area contributed by atoms with Crippen LogP contribution >= 0.6 is 23.5 Å². The van der Waals surface area contributed by atoms with Crippen LogP contribution in [0.2, 0.25) is 0 Å². The molecule has 0 aromatic carbocycles. The molecule has 1 aromatic heterocycles. The van der Waals surface area contributed by atoms with Crippen molar-refractivity contribution < 1.29 is 0 Å². The first-order valence-corrected chi connectivity index (χ1v) is 8.89. The molecule has 0 radical (unpaired) electrons. The molecule has 1 aliphatic rings. The largest absolute Gasteiger partial charge is 0.373 e. The number of aromatic nitrogens is 2. The van der Waals surface area contributed by atoms with E-state index in [4.69, 9.17) is 0 Å². The zero-order valence-corrected chi connectivity index (χ0v) is 13.4. The molecule has 0 aliphatic carbocycles. The van der Waals surface area contributed by atoms with Gasteiger partial charge in [-0.1, -0.05) is 13.8 Å². The summed E-state index contributed by atoms with van der Waals surface area (Å²) in [4.78, 5) is 9.06. The molecular formula is C13H22N4S2. The van der Waals surface area contributed by atoms with E-state index in [-0.39, 0.29) is 0 Å². The fourth-order valence-electron chi connectivity index (χ4n) is 1.82. The van der Waals surface area contributed by atoms with E-state index in [0.717, 1.165) is 24.0 Å². The highest BCUT2D eigenvalue weighted by Gasteiger charge is 2.14. The molecule has 0 spiro atoms. The summed E-state index contributed by atoms with van der Waals surface area (Å²) in [5, 5.41) is 7.25. The summed E-state index contributed by atoms with van der Waals surface area (Å²) in [6.07, 6.45) is 0. The van der Waals surface area contributed by atoms with Crippen LogP contribution in [0.25, 0.3) is 0 Å². The molecule has 2 heterocycles. The maximum Gasteiger partial charge on any atom is 0.135 e. The van der Waals surface area contributed by atoms with Gasteiger partial charge < -0.3 is 10.6 Å². The molecule has 0 saturated carbocycles. The van der Waals surface area contributed by atoms with Crippen molar-refractivity contribution in [1.82, 2.24) is 9.97 Å². The Morgan fingerprint density at radius 1 is 1.32 bits per heavy atom. The summed E-state index contributed by atoms with van der Waals surface area (Å²) in [6.45, 7) is 5.22. The SMILES string of the molecule is CNc1cc(NCC2CSCCS2)nc(C(C)C)n1. The number of anilines is 2. The lowest BCUT2D eigenvalue weighted by Gasteiger charge is -2.21. The van der Waals surface area contributed by atoms with Gasteiger partial charge in [0.15, 0.2) is 0 Å². The van der Waals surface area contributed by atoms with E-state index in [1.807, 2.05) is 24.9 Å². The molecule has 1 atom stereocenters. The lowest BCUT2D eigenvalue weighted by Crippen LogP contribution is -2.23. The molecule has 1 unspecified atom stereocenters. The molecule has 6 heteroatoms. The van der Waals surface area contributed by atoms with Gasteiger partial charge in [0.05, 0.1) is 0 Å². The lowest BCUT2D eigenvalue weighted by atomic mass is 10.2. The van der Waals surface area contributed by atoms with Gasteiger partial charge in [-0.3, -0.25) is 0 Å². The Kier molecular flexibility index (Phi) is 5.63. The van der Waals surface area contributed by atoms with Crippen molar-refractivity contribution in [2.24, 2.45) is 0 Å². The first-order chi connectivity index (χ1) is 9.19. The Bertz CT molecular complexity index is 406. The molecule has 1 fully saturated rings. The summed E-state index contributed by atoms with van der Waals surface area (Å²) in [5.74, 6) is 6.83. The van der Waals surface area contributed by atoms with Gasteiger partial charge >= 0.3 is 0 Å². The van der Waals surface area contributed by atoms with Crippen LogP contribution in [0, 0.1) is 0 Å². The Morgan fingerprint density at radius 3 is 2.74 bits per heavy atom. The molecule has 2 N–H and O–H groups in total. The molecule has 1 aliphatic heterocycles. The quantitative estimate of drug-likeness (QED) is 0.872. The van der Waals surface area contributed by atoms with Crippen molar-refractivity contribution in [1.29, 1.82) is 0 Å². The van der Waals surface area contributed by atoms with Gasteiger partial charge in [-0.2, -0.15) is 23.5 Å². The second-order valence-corrected chi connectivity index (χ2v) is 7.41. The second kappa shape index (κ2) is 7.24. The number of nitrogens with zero attached hydrogens (tertiary/aromatic N) is 2. The smallest absolute Gasteiger partial charge is 0.135 e. The van der Waals surface area contributed by atoms with Crippen LogP contribution in [-0.2, 0) is 0 Å². The van der Waals surface area contributed by atoms with E-state index in [0.29, 0.717) is 11.2 Å². The zero-order chi connectivity index (χ0) is 13.7. The molecule has 0 amide bonds. The van der Waals surface area contributed by atoms with E-state index < -0.39 is 0 Å². The molecule has 106 valence electrons. The van der Waals surface area contributed by atoms with Crippen LogP contribution in [0.1, 0.15) is 25.6 Å². The van der Waals surface area contributed by atoms with E-state index in [1.165, 1.54) is 17.3 Å². The normalized spacial score (nSPS) is 19.5. The molecule has 0 bridgehead atoms. The van der Waals surface area contributed by atoms with Gasteiger partial charge in [-0.05, 0) is 0 Å². The van der Waals surface area contributed by atoms with Crippen molar-refractivity contribution in [2.75, 3.05) is 41.5 Å². The van der Waals surface area contributed by atoms with Crippen LogP contribution in [-0.4, -0.2) is 46.1 Å². The van der Waals surface area contributed by atoms with Crippen LogP contribution in [0.15, 0.2) is 6.07 Å². The molecular weight excluding hydrogens is 276 g/mol. The highest BCUT2D eigenvalue weighted by molar-refractivity contribution is 8.06. The number of rotatable bonds is 5. The van der Waals surface area contributed by atoms with E-state index in [1.54, 1.807) is 0 Å². The third-order valence-electron chi connectivity index (χ3n) is 2.91. The van der Waals surface area contributed by atoms with Gasteiger partial charge in [0.2, 0.25) is 0 Å². The highest BCUT2D eigenvalue weighted by Crippen LogP contribution is 2.24. The molecule has 4 nitrogen and oxygen atoms in total. The Labute approximate surface area is 123 Å². The highest BCUT2D eigenvalue weighted by atomic mass is 32.2. The third kappa shape index (κ3) is 4.45. The average Bonchev–Trinajstić information content (AvgIpc) is 2.45. The minimum absolute atomic E-state index is 0.341. The summed E-state index contributed by atoms with van der Waals surface area (Å²) in [5.41, 5.74) is 0. The number of thioether (sulfide) groups is 2. The van der Waals surface area contributed by atoms with Gasteiger partial charge in [-0.15, -0.1) is 0 Å². The summed E-state index contributed by atoms with van der Waals surface area (Å²) in [6, 6.07) is 1.98. The monoisotopic (exact) mass is 298 g/mol. The minimum atomic E-state index is 0.341. The van der Waals surface area contributed by atoms with Gasteiger partial charge in [0.25, 0.3) is 0 Å². The fraction of sp³-hybridized carbons (Fsp3) is 0.692. The van der Waals surface area contributed by atoms with Gasteiger partial charge in [-0.25, -0.2) is 9.97 Å². The predicted octanol–water partition coefficient (Wildman–Crippen LogP) is 2.90. The molecule has 1 aromatic rings. The van der Waals surface area contributed by atoms with E-state index >= 15 is 0 Å². The maximum absolute atomic E-state index is 4.59. The van der Waals surface area contributed by atoms with Gasteiger partial charge in [0, 0.05) is 48.1 Å². The standard InChI is InChI=1S/C13H22N4S2/c1-9(2)13-16-11(14-3)6-12(17-13)15-7-10-8-18-4-5-19-10/h6,9-10H,4-5,7-8H2,1-3H3,(H2,14,15,16,17). The zero-order valence-electron chi connectivity index (χ0n) is 11.8. The third-order valence-corrected chi connectivity index (χ3v) is 5.76. The van der Waals surface area contributed by atoms with E-state index in [2.05, 4.69) is 46.2 Å². The average molecular weight is 298 g/mol. The Balaban J connectivity index is 2.00. The first kappa shape index (κ1) is 14.8. The van der Waals surface area contributed by atoms with Crippen LogP contribution in [0.4, 0.5) is 11.6 Å². The van der Waals surface area contributed by atoms with Crippen molar-refractivity contribution in [2.45, 2.75) is 25.0 Å². The second-order valence-electron chi connectivity index (χ2n) is 4.85. The first-order valence-electron chi connectivity index (χ1n) is 6.69. The summed E-state index contributed by atoms with van der Waals surface area (Å²) < 4.78 is 0. The van der Waals surface area contributed by atoms with Gasteiger partial charge in [0.1, 0.15) is 17.5 Å². The summed E-state index contributed by atoms with van der Waals surface area (Å²) >= 11 is 4.11. The van der Waals surface area contributed by atoms with Crippen molar-refractivity contribution >= 4 is 35.2 Å². The Hall–Kier alpha value is -0.620. The topological polar surface area (TPSA) is 49.8 Å².